The monoisotopic (exact) mass is 207 g/mol. The molecule has 0 aromatic carbocycles. The molecule has 0 unspecified atom stereocenters. The van der Waals surface area contributed by atoms with Gasteiger partial charge in [0.1, 0.15) is 10.3 Å². The Morgan fingerprint density at radius 3 is 3.14 bits per heavy atom. The normalized spacial score (nSPS) is 10.9. The third-order valence-corrected chi connectivity index (χ3v) is 3.27. The minimum absolute atomic E-state index is 0.603. The second kappa shape index (κ2) is 3.92. The SMILES string of the molecule is CCCCn1sc2ncccc2c1=N. The number of unbranched alkanes of at least 4 members (excludes halogenated alkanes) is 1. The highest BCUT2D eigenvalue weighted by Gasteiger charge is 2.03. The number of aryl methyl sites for hydroxylation is 1. The Morgan fingerprint density at radius 1 is 1.57 bits per heavy atom. The predicted molar refractivity (Wildman–Crippen MR) is 58.4 cm³/mol. The van der Waals surface area contributed by atoms with E-state index in [1.165, 1.54) is 0 Å². The van der Waals surface area contributed by atoms with E-state index in [9.17, 15) is 0 Å². The maximum absolute atomic E-state index is 7.93. The van der Waals surface area contributed by atoms with Gasteiger partial charge in [-0.15, -0.1) is 0 Å². The Bertz CT molecular complexity index is 483. The second-order valence-electron chi connectivity index (χ2n) is 3.25. The van der Waals surface area contributed by atoms with Gasteiger partial charge in [-0.3, -0.25) is 9.37 Å². The summed E-state index contributed by atoms with van der Waals surface area (Å²) in [5.74, 6) is 0. The van der Waals surface area contributed by atoms with Crippen LogP contribution in [-0.2, 0) is 6.54 Å². The van der Waals surface area contributed by atoms with Gasteiger partial charge in [0.25, 0.3) is 0 Å². The van der Waals surface area contributed by atoms with Crippen LogP contribution in [-0.4, -0.2) is 8.94 Å². The van der Waals surface area contributed by atoms with Crippen LogP contribution in [0.25, 0.3) is 10.2 Å². The van der Waals surface area contributed by atoms with Crippen LogP contribution >= 0.6 is 11.5 Å². The van der Waals surface area contributed by atoms with Gasteiger partial charge in [-0.1, -0.05) is 13.3 Å². The first-order valence-electron chi connectivity index (χ1n) is 4.82. The molecule has 2 aromatic rings. The summed E-state index contributed by atoms with van der Waals surface area (Å²) in [5, 5.41) is 8.90. The number of fused-ring (bicyclic) bond motifs is 1. The van der Waals surface area contributed by atoms with E-state index in [2.05, 4.69) is 11.9 Å². The molecule has 0 spiro atoms. The van der Waals surface area contributed by atoms with Crippen molar-refractivity contribution in [3.63, 3.8) is 0 Å². The molecule has 0 radical (unpaired) electrons. The second-order valence-corrected chi connectivity index (χ2v) is 4.26. The number of hydrogen-bond donors (Lipinski definition) is 1. The lowest BCUT2D eigenvalue weighted by Gasteiger charge is -1.97. The van der Waals surface area contributed by atoms with Crippen molar-refractivity contribution in [2.24, 2.45) is 0 Å². The third kappa shape index (κ3) is 1.57. The first kappa shape index (κ1) is 9.40. The van der Waals surface area contributed by atoms with Gasteiger partial charge in [-0.05, 0) is 30.1 Å². The molecule has 0 amide bonds. The van der Waals surface area contributed by atoms with Crippen LogP contribution in [0, 0.1) is 5.41 Å². The summed E-state index contributed by atoms with van der Waals surface area (Å²) in [6, 6.07) is 3.85. The van der Waals surface area contributed by atoms with Crippen molar-refractivity contribution in [2.75, 3.05) is 0 Å². The predicted octanol–water partition coefficient (Wildman–Crippen LogP) is 2.38. The van der Waals surface area contributed by atoms with Gasteiger partial charge in [0, 0.05) is 12.7 Å². The number of aromatic nitrogens is 2. The van der Waals surface area contributed by atoms with Crippen molar-refractivity contribution in [3.05, 3.63) is 23.8 Å². The molecule has 2 heterocycles. The Labute approximate surface area is 86.7 Å². The molecule has 14 heavy (non-hydrogen) atoms. The molecule has 0 fully saturated rings. The molecular weight excluding hydrogens is 194 g/mol. The summed E-state index contributed by atoms with van der Waals surface area (Å²) in [7, 11) is 0. The average Bonchev–Trinajstić information content (AvgIpc) is 2.54. The van der Waals surface area contributed by atoms with E-state index < -0.39 is 0 Å². The smallest absolute Gasteiger partial charge is 0.144 e. The van der Waals surface area contributed by atoms with Gasteiger partial charge in [0.2, 0.25) is 0 Å². The van der Waals surface area contributed by atoms with Crippen LogP contribution in [0.2, 0.25) is 0 Å². The Morgan fingerprint density at radius 2 is 2.43 bits per heavy atom. The molecule has 0 atom stereocenters. The van der Waals surface area contributed by atoms with E-state index in [0.717, 1.165) is 29.6 Å². The van der Waals surface area contributed by atoms with Crippen molar-refractivity contribution in [1.82, 2.24) is 8.94 Å². The van der Waals surface area contributed by atoms with E-state index in [-0.39, 0.29) is 0 Å². The molecule has 0 saturated carbocycles. The fourth-order valence-corrected chi connectivity index (χ4v) is 2.38. The summed E-state index contributed by atoms with van der Waals surface area (Å²) in [6.07, 6.45) is 4.07. The largest absolute Gasteiger partial charge is 0.283 e. The van der Waals surface area contributed by atoms with Crippen molar-refractivity contribution in [1.29, 1.82) is 5.41 Å². The Kier molecular flexibility index (Phi) is 2.63. The molecule has 0 aliphatic rings. The summed E-state index contributed by atoms with van der Waals surface area (Å²) < 4.78 is 2.02. The van der Waals surface area contributed by atoms with Crippen molar-refractivity contribution in [3.8, 4) is 0 Å². The van der Waals surface area contributed by atoms with E-state index in [1.54, 1.807) is 17.7 Å². The fourth-order valence-electron chi connectivity index (χ4n) is 1.39. The first-order valence-corrected chi connectivity index (χ1v) is 5.59. The lowest BCUT2D eigenvalue weighted by atomic mass is 10.3. The Balaban J connectivity index is 2.47. The minimum atomic E-state index is 0.603. The standard InChI is InChI=1S/C10H13N3S/c1-2-3-7-13-9(11)8-5-4-6-12-10(8)14-13/h4-6,11H,2-3,7H2,1H3. The molecule has 74 valence electrons. The van der Waals surface area contributed by atoms with Gasteiger partial charge >= 0.3 is 0 Å². The highest BCUT2D eigenvalue weighted by atomic mass is 32.1. The molecule has 3 nitrogen and oxygen atoms in total. The molecular formula is C10H13N3S. The lowest BCUT2D eigenvalue weighted by molar-refractivity contribution is 0.650. The lowest BCUT2D eigenvalue weighted by Crippen LogP contribution is -2.12. The highest BCUT2D eigenvalue weighted by Crippen LogP contribution is 2.13. The first-order chi connectivity index (χ1) is 6.83. The van der Waals surface area contributed by atoms with Gasteiger partial charge in [-0.25, -0.2) is 4.98 Å². The van der Waals surface area contributed by atoms with Crippen LogP contribution in [0.15, 0.2) is 18.3 Å². The average molecular weight is 207 g/mol. The number of pyridine rings is 1. The van der Waals surface area contributed by atoms with Gasteiger partial charge in [-0.2, -0.15) is 0 Å². The minimum Gasteiger partial charge on any atom is -0.283 e. The Hall–Kier alpha value is -1.16. The topological polar surface area (TPSA) is 41.7 Å². The quantitative estimate of drug-likeness (QED) is 0.825. The van der Waals surface area contributed by atoms with Crippen LogP contribution in [0.1, 0.15) is 19.8 Å². The molecule has 0 aliphatic carbocycles. The molecule has 2 aromatic heterocycles. The highest BCUT2D eigenvalue weighted by molar-refractivity contribution is 7.13. The maximum Gasteiger partial charge on any atom is 0.144 e. The van der Waals surface area contributed by atoms with Gasteiger partial charge in [0.05, 0.1) is 5.39 Å². The van der Waals surface area contributed by atoms with E-state index in [1.807, 2.05) is 16.1 Å². The van der Waals surface area contributed by atoms with Crippen molar-refractivity contribution < 1.29 is 0 Å². The van der Waals surface area contributed by atoms with Crippen LogP contribution in [0.3, 0.4) is 0 Å². The summed E-state index contributed by atoms with van der Waals surface area (Å²) >= 11 is 1.58. The van der Waals surface area contributed by atoms with Crippen molar-refractivity contribution in [2.45, 2.75) is 26.3 Å². The third-order valence-electron chi connectivity index (χ3n) is 2.19. The van der Waals surface area contributed by atoms with Gasteiger partial charge in [0.15, 0.2) is 0 Å². The van der Waals surface area contributed by atoms with E-state index in [0.29, 0.717) is 5.49 Å². The van der Waals surface area contributed by atoms with E-state index >= 15 is 0 Å². The summed E-state index contributed by atoms with van der Waals surface area (Å²) in [5.41, 5.74) is 0.603. The number of hydrogen-bond acceptors (Lipinski definition) is 3. The van der Waals surface area contributed by atoms with E-state index in [4.69, 9.17) is 5.41 Å². The van der Waals surface area contributed by atoms with Crippen LogP contribution in [0.5, 0.6) is 0 Å². The zero-order chi connectivity index (χ0) is 9.97. The molecule has 0 saturated heterocycles. The molecule has 0 bridgehead atoms. The molecule has 2 rings (SSSR count). The van der Waals surface area contributed by atoms with Gasteiger partial charge < -0.3 is 0 Å². The number of nitrogens with zero attached hydrogens (tertiary/aromatic N) is 2. The molecule has 1 N–H and O–H groups in total. The van der Waals surface area contributed by atoms with Crippen LogP contribution in [0.4, 0.5) is 0 Å². The molecule has 0 aliphatic heterocycles. The maximum atomic E-state index is 7.93. The number of nitrogens with one attached hydrogen (secondary N) is 1. The zero-order valence-electron chi connectivity index (χ0n) is 8.16. The number of rotatable bonds is 3. The summed E-state index contributed by atoms with van der Waals surface area (Å²) in [4.78, 5) is 5.21. The molecule has 4 heteroatoms. The fraction of sp³-hybridized carbons (Fsp3) is 0.400. The van der Waals surface area contributed by atoms with Crippen molar-refractivity contribution >= 4 is 21.7 Å². The van der Waals surface area contributed by atoms with Crippen LogP contribution < -0.4 is 5.49 Å². The zero-order valence-corrected chi connectivity index (χ0v) is 8.97. The summed E-state index contributed by atoms with van der Waals surface area (Å²) in [6.45, 7) is 3.10.